The van der Waals surface area contributed by atoms with E-state index in [0.29, 0.717) is 5.46 Å². The number of benzene rings is 1. The van der Waals surface area contributed by atoms with E-state index in [4.69, 9.17) is 9.31 Å². The van der Waals surface area contributed by atoms with Crippen LogP contribution < -0.4 is 5.46 Å². The van der Waals surface area contributed by atoms with Gasteiger partial charge >= 0.3 is 13.3 Å². The minimum atomic E-state index is -4.70. The number of hydrogen-bond donors (Lipinski definition) is 1. The predicted molar refractivity (Wildman–Crippen MR) is 73.2 cm³/mol. The van der Waals surface area contributed by atoms with Gasteiger partial charge in [-0.1, -0.05) is 24.3 Å². The van der Waals surface area contributed by atoms with E-state index >= 15 is 0 Å². The maximum atomic E-state index is 12.6. The Labute approximate surface area is 122 Å². The lowest BCUT2D eigenvalue weighted by Gasteiger charge is -2.32. The van der Waals surface area contributed by atoms with E-state index < -0.39 is 30.6 Å². The van der Waals surface area contributed by atoms with E-state index in [2.05, 4.69) is 0 Å². The third kappa shape index (κ3) is 3.10. The SMILES string of the molecule is CC1(C)OB(c2cccc([C@@H](O)C(F)(F)F)c2)OC1(C)C. The molecular weight excluding hydrogens is 284 g/mol. The number of rotatable bonds is 2. The number of aliphatic hydroxyl groups excluding tert-OH is 1. The average Bonchev–Trinajstić information content (AvgIpc) is 2.57. The zero-order chi connectivity index (χ0) is 16.1. The topological polar surface area (TPSA) is 38.7 Å². The van der Waals surface area contributed by atoms with Gasteiger partial charge in [0.2, 0.25) is 0 Å². The van der Waals surface area contributed by atoms with Gasteiger partial charge in [0.15, 0.2) is 6.10 Å². The van der Waals surface area contributed by atoms with Gasteiger partial charge in [0.1, 0.15) is 0 Å². The molecule has 0 radical (unpaired) electrons. The smallest absolute Gasteiger partial charge is 0.399 e. The number of halogens is 3. The maximum absolute atomic E-state index is 12.6. The molecule has 1 aromatic carbocycles. The van der Waals surface area contributed by atoms with Crippen molar-refractivity contribution in [2.24, 2.45) is 0 Å². The van der Waals surface area contributed by atoms with E-state index in [-0.39, 0.29) is 5.56 Å². The summed E-state index contributed by atoms with van der Waals surface area (Å²) < 4.78 is 49.3. The summed E-state index contributed by atoms with van der Waals surface area (Å²) in [6.07, 6.45) is -7.21. The molecule has 21 heavy (non-hydrogen) atoms. The zero-order valence-corrected chi connectivity index (χ0v) is 12.4. The van der Waals surface area contributed by atoms with Crippen LogP contribution in [-0.4, -0.2) is 29.6 Å². The van der Waals surface area contributed by atoms with Crippen molar-refractivity contribution in [2.75, 3.05) is 0 Å². The first-order chi connectivity index (χ1) is 9.44. The van der Waals surface area contributed by atoms with E-state index in [1.165, 1.54) is 18.2 Å². The number of aliphatic hydroxyl groups is 1. The summed E-state index contributed by atoms with van der Waals surface area (Å²) in [4.78, 5) is 0. The fraction of sp³-hybridized carbons (Fsp3) is 0.571. The summed E-state index contributed by atoms with van der Waals surface area (Å²) in [5.74, 6) is 0. The normalized spacial score (nSPS) is 22.4. The summed E-state index contributed by atoms with van der Waals surface area (Å²) in [6.45, 7) is 7.45. The van der Waals surface area contributed by atoms with Crippen LogP contribution in [0.5, 0.6) is 0 Å². The van der Waals surface area contributed by atoms with E-state index in [9.17, 15) is 18.3 Å². The van der Waals surface area contributed by atoms with Crippen molar-refractivity contribution in [1.29, 1.82) is 0 Å². The van der Waals surface area contributed by atoms with Gasteiger partial charge in [-0.25, -0.2) is 0 Å². The Morgan fingerprint density at radius 3 is 2.10 bits per heavy atom. The van der Waals surface area contributed by atoms with Crippen LogP contribution in [-0.2, 0) is 9.31 Å². The molecule has 0 spiro atoms. The van der Waals surface area contributed by atoms with Crippen LogP contribution in [0.15, 0.2) is 24.3 Å². The third-order valence-electron chi connectivity index (χ3n) is 4.06. The Morgan fingerprint density at radius 1 is 1.10 bits per heavy atom. The molecule has 1 atom stereocenters. The maximum Gasteiger partial charge on any atom is 0.494 e. The highest BCUT2D eigenvalue weighted by atomic mass is 19.4. The van der Waals surface area contributed by atoms with Gasteiger partial charge in [-0.05, 0) is 38.7 Å². The van der Waals surface area contributed by atoms with Crippen LogP contribution in [0.4, 0.5) is 13.2 Å². The molecule has 1 fully saturated rings. The molecule has 3 nitrogen and oxygen atoms in total. The molecule has 2 rings (SSSR count). The standard InChI is InChI=1S/C14H18BF3O3/c1-12(2)13(3,4)21-15(20-12)10-7-5-6-9(8-10)11(19)14(16,17)18/h5-8,11,19H,1-4H3/t11-/m1/s1. The summed E-state index contributed by atoms with van der Waals surface area (Å²) >= 11 is 0. The summed E-state index contributed by atoms with van der Waals surface area (Å²) in [5.41, 5.74) is -0.920. The van der Waals surface area contributed by atoms with Crippen LogP contribution in [0.2, 0.25) is 0 Å². The van der Waals surface area contributed by atoms with Crippen molar-refractivity contribution in [1.82, 2.24) is 0 Å². The highest BCUT2D eigenvalue weighted by Crippen LogP contribution is 2.37. The molecule has 1 saturated heterocycles. The van der Waals surface area contributed by atoms with Crippen molar-refractivity contribution >= 4 is 12.6 Å². The summed E-state index contributed by atoms with van der Waals surface area (Å²) in [6, 6.07) is 5.56. The number of alkyl halides is 3. The second-order valence-electron chi connectivity index (χ2n) is 6.20. The van der Waals surface area contributed by atoms with Gasteiger partial charge in [0, 0.05) is 0 Å². The van der Waals surface area contributed by atoms with Gasteiger partial charge in [0.05, 0.1) is 11.2 Å². The molecule has 0 saturated carbocycles. The quantitative estimate of drug-likeness (QED) is 0.853. The molecule has 7 heteroatoms. The molecule has 1 aliphatic rings. The molecule has 1 aromatic rings. The molecule has 1 aliphatic heterocycles. The van der Waals surface area contributed by atoms with Crippen LogP contribution in [0.25, 0.3) is 0 Å². The Hall–Kier alpha value is -1.05. The first-order valence-corrected chi connectivity index (χ1v) is 6.64. The summed E-state index contributed by atoms with van der Waals surface area (Å²) in [5, 5.41) is 9.32. The van der Waals surface area contributed by atoms with Gasteiger partial charge < -0.3 is 14.4 Å². The third-order valence-corrected chi connectivity index (χ3v) is 4.06. The largest absolute Gasteiger partial charge is 0.494 e. The highest BCUT2D eigenvalue weighted by molar-refractivity contribution is 6.62. The zero-order valence-electron chi connectivity index (χ0n) is 12.4. The molecule has 0 bridgehead atoms. The van der Waals surface area contributed by atoms with Crippen molar-refractivity contribution in [3.63, 3.8) is 0 Å². The van der Waals surface area contributed by atoms with Crippen molar-refractivity contribution < 1.29 is 27.6 Å². The van der Waals surface area contributed by atoms with Gasteiger partial charge in [0.25, 0.3) is 0 Å². The Balaban J connectivity index is 2.28. The summed E-state index contributed by atoms with van der Waals surface area (Å²) in [7, 11) is -0.754. The molecule has 1 N–H and O–H groups in total. The van der Waals surface area contributed by atoms with Crippen LogP contribution in [0.1, 0.15) is 39.4 Å². The lowest BCUT2D eigenvalue weighted by atomic mass is 9.78. The molecule has 116 valence electrons. The fourth-order valence-corrected chi connectivity index (χ4v) is 2.04. The minimum Gasteiger partial charge on any atom is -0.399 e. The van der Waals surface area contributed by atoms with E-state index in [0.717, 1.165) is 0 Å². The molecule has 0 aliphatic carbocycles. The van der Waals surface area contributed by atoms with Crippen LogP contribution in [0.3, 0.4) is 0 Å². The van der Waals surface area contributed by atoms with E-state index in [1.54, 1.807) is 6.07 Å². The Morgan fingerprint density at radius 2 is 1.62 bits per heavy atom. The lowest BCUT2D eigenvalue weighted by molar-refractivity contribution is -0.206. The second kappa shape index (κ2) is 5.00. The molecule has 1 heterocycles. The molecule has 0 aromatic heterocycles. The molecule has 0 unspecified atom stereocenters. The highest BCUT2D eigenvalue weighted by Gasteiger charge is 2.52. The average molecular weight is 302 g/mol. The monoisotopic (exact) mass is 302 g/mol. The molecular formula is C14H18BF3O3. The van der Waals surface area contributed by atoms with Gasteiger partial charge in [-0.2, -0.15) is 13.2 Å². The van der Waals surface area contributed by atoms with Crippen molar-refractivity contribution in [3.8, 4) is 0 Å². The van der Waals surface area contributed by atoms with Crippen LogP contribution >= 0.6 is 0 Å². The van der Waals surface area contributed by atoms with Crippen molar-refractivity contribution in [3.05, 3.63) is 29.8 Å². The Kier molecular flexibility index (Phi) is 3.89. The van der Waals surface area contributed by atoms with E-state index in [1.807, 2.05) is 27.7 Å². The molecule has 0 amide bonds. The first kappa shape index (κ1) is 16.3. The van der Waals surface area contributed by atoms with Gasteiger partial charge in [-0.15, -0.1) is 0 Å². The number of hydrogen-bond acceptors (Lipinski definition) is 3. The van der Waals surface area contributed by atoms with Crippen LogP contribution in [0, 0.1) is 0 Å². The first-order valence-electron chi connectivity index (χ1n) is 6.64. The minimum absolute atomic E-state index is 0.227. The lowest BCUT2D eigenvalue weighted by Crippen LogP contribution is -2.41. The predicted octanol–water partition coefficient (Wildman–Crippen LogP) is 2.58. The second-order valence-corrected chi connectivity index (χ2v) is 6.20. The fourth-order valence-electron chi connectivity index (χ4n) is 2.04. The van der Waals surface area contributed by atoms with Gasteiger partial charge in [-0.3, -0.25) is 0 Å². The Bertz CT molecular complexity index is 512. The van der Waals surface area contributed by atoms with Crippen molar-refractivity contribution in [2.45, 2.75) is 51.2 Å².